The number of hydrogen-bond donors (Lipinski definition) is 1. The van der Waals surface area contributed by atoms with E-state index in [1.165, 1.54) is 5.56 Å². The van der Waals surface area contributed by atoms with Gasteiger partial charge in [0, 0.05) is 34.8 Å². The number of aromatic nitrogens is 1. The zero-order valence-corrected chi connectivity index (χ0v) is 16.3. The molecule has 5 rings (SSSR count). The molecular formula is C25H21NO3. The molecule has 1 N–H and O–H groups in total. The third-order valence-electron chi connectivity index (χ3n) is 5.52. The molecule has 0 bridgehead atoms. The number of phenols is 1. The van der Waals surface area contributed by atoms with Crippen molar-refractivity contribution >= 4 is 32.6 Å². The zero-order chi connectivity index (χ0) is 20.0. The Hall–Kier alpha value is -3.66. The van der Waals surface area contributed by atoms with Gasteiger partial charge in [-0.1, -0.05) is 54.6 Å². The van der Waals surface area contributed by atoms with Crippen LogP contribution in [0.4, 0.5) is 0 Å². The Bertz CT molecular complexity index is 1350. The number of ether oxygens (including phenoxy) is 2. The highest BCUT2D eigenvalue weighted by molar-refractivity contribution is 6.21. The standard InChI is InChI=1S/C25H21NO3/c1-28-17-12-21-24(23(13-17)29-2)20-14-22(27)18-10-6-7-11-19(18)25(20)26(21)15-16-8-4-3-5-9-16/h3-14,27H,15H2,1-2H3. The lowest BCUT2D eigenvalue weighted by Gasteiger charge is -2.11. The first-order valence-corrected chi connectivity index (χ1v) is 9.54. The minimum atomic E-state index is 0.268. The second kappa shape index (κ2) is 6.74. The van der Waals surface area contributed by atoms with Crippen LogP contribution < -0.4 is 9.47 Å². The molecule has 4 nitrogen and oxygen atoms in total. The first kappa shape index (κ1) is 17.4. The van der Waals surface area contributed by atoms with E-state index < -0.39 is 0 Å². The Morgan fingerprint density at radius 2 is 1.52 bits per heavy atom. The fourth-order valence-corrected chi connectivity index (χ4v) is 4.21. The van der Waals surface area contributed by atoms with Gasteiger partial charge in [-0.3, -0.25) is 0 Å². The highest BCUT2D eigenvalue weighted by Crippen LogP contribution is 2.43. The van der Waals surface area contributed by atoms with Gasteiger partial charge < -0.3 is 19.1 Å². The molecule has 4 aromatic carbocycles. The second-order valence-electron chi connectivity index (χ2n) is 7.13. The van der Waals surface area contributed by atoms with Crippen LogP contribution in [0.25, 0.3) is 32.6 Å². The van der Waals surface area contributed by atoms with E-state index >= 15 is 0 Å². The van der Waals surface area contributed by atoms with Crippen molar-refractivity contribution in [1.29, 1.82) is 0 Å². The van der Waals surface area contributed by atoms with Gasteiger partial charge in [0.1, 0.15) is 17.2 Å². The molecule has 0 spiro atoms. The van der Waals surface area contributed by atoms with E-state index in [4.69, 9.17) is 9.47 Å². The van der Waals surface area contributed by atoms with Crippen molar-refractivity contribution in [3.8, 4) is 17.2 Å². The van der Waals surface area contributed by atoms with Crippen LogP contribution in [0.1, 0.15) is 5.56 Å². The van der Waals surface area contributed by atoms with Crippen LogP contribution in [0, 0.1) is 0 Å². The Morgan fingerprint density at radius 1 is 0.793 bits per heavy atom. The fraction of sp³-hybridized carbons (Fsp3) is 0.120. The molecule has 1 heterocycles. The lowest BCUT2D eigenvalue weighted by molar-refractivity contribution is 0.398. The van der Waals surface area contributed by atoms with Gasteiger partial charge in [-0.2, -0.15) is 0 Å². The first-order chi connectivity index (χ1) is 14.2. The van der Waals surface area contributed by atoms with Gasteiger partial charge in [-0.05, 0) is 11.6 Å². The molecule has 1 aromatic heterocycles. The smallest absolute Gasteiger partial charge is 0.132 e. The minimum absolute atomic E-state index is 0.268. The van der Waals surface area contributed by atoms with Crippen LogP contribution in [-0.2, 0) is 6.54 Å². The summed E-state index contributed by atoms with van der Waals surface area (Å²) < 4.78 is 13.5. The zero-order valence-electron chi connectivity index (χ0n) is 16.3. The van der Waals surface area contributed by atoms with Crippen LogP contribution in [0.2, 0.25) is 0 Å². The lowest BCUT2D eigenvalue weighted by atomic mass is 10.0. The van der Waals surface area contributed by atoms with Crippen LogP contribution >= 0.6 is 0 Å². The molecule has 0 radical (unpaired) electrons. The molecule has 0 aliphatic rings. The van der Waals surface area contributed by atoms with Crippen LogP contribution in [-0.4, -0.2) is 23.9 Å². The third kappa shape index (κ3) is 2.68. The van der Waals surface area contributed by atoms with E-state index in [0.717, 1.165) is 44.1 Å². The van der Waals surface area contributed by atoms with Gasteiger partial charge in [-0.15, -0.1) is 0 Å². The molecule has 0 fully saturated rings. The Kier molecular flexibility index (Phi) is 4.06. The third-order valence-corrected chi connectivity index (χ3v) is 5.52. The Morgan fingerprint density at radius 3 is 2.24 bits per heavy atom. The maximum atomic E-state index is 10.7. The van der Waals surface area contributed by atoms with Crippen molar-refractivity contribution in [2.24, 2.45) is 0 Å². The number of fused-ring (bicyclic) bond motifs is 5. The summed E-state index contributed by atoms with van der Waals surface area (Å²) in [4.78, 5) is 0. The second-order valence-corrected chi connectivity index (χ2v) is 7.13. The van der Waals surface area contributed by atoms with E-state index in [2.05, 4.69) is 22.8 Å². The monoisotopic (exact) mass is 383 g/mol. The van der Waals surface area contributed by atoms with E-state index in [1.54, 1.807) is 14.2 Å². The van der Waals surface area contributed by atoms with E-state index in [1.807, 2.05) is 54.6 Å². The lowest BCUT2D eigenvalue weighted by Crippen LogP contribution is -2.00. The summed E-state index contributed by atoms with van der Waals surface area (Å²) in [6.45, 7) is 0.700. The summed E-state index contributed by atoms with van der Waals surface area (Å²) in [5.41, 5.74) is 3.28. The predicted molar refractivity (Wildman–Crippen MR) is 117 cm³/mol. The SMILES string of the molecule is COc1cc(OC)c2c3cc(O)c4ccccc4c3n(Cc3ccccc3)c2c1. The van der Waals surface area contributed by atoms with Crippen LogP contribution in [0.5, 0.6) is 17.2 Å². The first-order valence-electron chi connectivity index (χ1n) is 9.54. The van der Waals surface area contributed by atoms with Crippen molar-refractivity contribution in [2.45, 2.75) is 6.54 Å². The number of nitrogens with zero attached hydrogens (tertiary/aromatic N) is 1. The average Bonchev–Trinajstić information content (AvgIpc) is 3.07. The quantitative estimate of drug-likeness (QED) is 0.432. The number of rotatable bonds is 4. The molecule has 0 saturated carbocycles. The molecule has 5 aromatic rings. The highest BCUT2D eigenvalue weighted by atomic mass is 16.5. The van der Waals surface area contributed by atoms with Gasteiger partial charge in [0.25, 0.3) is 0 Å². The molecule has 144 valence electrons. The topological polar surface area (TPSA) is 43.6 Å². The van der Waals surface area contributed by atoms with Crippen LogP contribution in [0.15, 0.2) is 72.8 Å². The van der Waals surface area contributed by atoms with Crippen molar-refractivity contribution in [2.75, 3.05) is 14.2 Å². The van der Waals surface area contributed by atoms with Gasteiger partial charge in [0.2, 0.25) is 0 Å². The molecule has 0 saturated heterocycles. The van der Waals surface area contributed by atoms with Crippen LogP contribution in [0.3, 0.4) is 0 Å². The highest BCUT2D eigenvalue weighted by Gasteiger charge is 2.20. The van der Waals surface area contributed by atoms with E-state index in [-0.39, 0.29) is 5.75 Å². The summed E-state index contributed by atoms with van der Waals surface area (Å²) in [6, 6.07) is 24.1. The number of benzene rings is 4. The summed E-state index contributed by atoms with van der Waals surface area (Å²) in [6.07, 6.45) is 0. The number of hydrogen-bond acceptors (Lipinski definition) is 3. The summed E-state index contributed by atoms with van der Waals surface area (Å²) >= 11 is 0. The molecule has 0 atom stereocenters. The summed E-state index contributed by atoms with van der Waals surface area (Å²) in [7, 11) is 3.32. The van der Waals surface area contributed by atoms with Crippen molar-refractivity contribution < 1.29 is 14.6 Å². The minimum Gasteiger partial charge on any atom is -0.507 e. The van der Waals surface area contributed by atoms with Crippen molar-refractivity contribution in [3.63, 3.8) is 0 Å². The average molecular weight is 383 g/mol. The largest absolute Gasteiger partial charge is 0.507 e. The molecule has 29 heavy (non-hydrogen) atoms. The number of phenolic OH excluding ortho intramolecular Hbond substituents is 1. The maximum absolute atomic E-state index is 10.7. The van der Waals surface area contributed by atoms with Gasteiger partial charge in [0.05, 0.1) is 30.6 Å². The van der Waals surface area contributed by atoms with Gasteiger partial charge in [-0.25, -0.2) is 0 Å². The van der Waals surface area contributed by atoms with Crippen molar-refractivity contribution in [1.82, 2.24) is 4.57 Å². The summed E-state index contributed by atoms with van der Waals surface area (Å²) in [5.74, 6) is 1.73. The van der Waals surface area contributed by atoms with Gasteiger partial charge in [0.15, 0.2) is 0 Å². The molecule has 0 unspecified atom stereocenters. The fourth-order valence-electron chi connectivity index (χ4n) is 4.21. The Labute approximate surface area is 168 Å². The summed E-state index contributed by atoms with van der Waals surface area (Å²) in [5, 5.41) is 14.5. The number of aromatic hydroxyl groups is 1. The molecule has 4 heteroatoms. The van der Waals surface area contributed by atoms with Gasteiger partial charge >= 0.3 is 0 Å². The molecule has 0 amide bonds. The van der Waals surface area contributed by atoms with Crippen molar-refractivity contribution in [3.05, 3.63) is 78.4 Å². The maximum Gasteiger partial charge on any atom is 0.132 e. The van der Waals surface area contributed by atoms with E-state index in [9.17, 15) is 5.11 Å². The molecule has 0 aliphatic carbocycles. The Balaban J connectivity index is 1.98. The normalized spacial score (nSPS) is 11.4. The number of methoxy groups -OCH3 is 2. The molecule has 0 aliphatic heterocycles. The van der Waals surface area contributed by atoms with E-state index in [0.29, 0.717) is 6.54 Å². The molecular weight excluding hydrogens is 362 g/mol. The predicted octanol–water partition coefficient (Wildman–Crippen LogP) is 5.72.